The van der Waals surface area contributed by atoms with Crippen molar-refractivity contribution in [1.82, 2.24) is 0 Å². The lowest BCUT2D eigenvalue weighted by atomic mass is 11.3. The summed E-state index contributed by atoms with van der Waals surface area (Å²) in [5.41, 5.74) is 28.4. The zero-order valence-corrected chi connectivity index (χ0v) is 19.2. The van der Waals surface area contributed by atoms with E-state index >= 15 is 0 Å². The molecule has 0 saturated heterocycles. The van der Waals surface area contributed by atoms with Crippen molar-refractivity contribution < 1.29 is 0 Å². The summed E-state index contributed by atoms with van der Waals surface area (Å²) in [5.74, 6) is 0. The molecule has 0 fully saturated rings. The van der Waals surface area contributed by atoms with Crippen LogP contribution in [0.2, 0.25) is 45.8 Å². The molecular formula is C19H24Si4. The highest BCUT2D eigenvalue weighted by atomic mass is 28.3. The number of terminal acetylenes is 3. The summed E-state index contributed by atoms with van der Waals surface area (Å²) in [6, 6.07) is 0. The first-order chi connectivity index (χ1) is 10.3. The van der Waals surface area contributed by atoms with Gasteiger partial charge >= 0.3 is 0 Å². The quantitative estimate of drug-likeness (QED) is 0.458. The van der Waals surface area contributed by atoms with E-state index in [-0.39, 0.29) is 0 Å². The van der Waals surface area contributed by atoms with E-state index in [2.05, 4.69) is 95.7 Å². The third kappa shape index (κ3) is 8.43. The van der Waals surface area contributed by atoms with Gasteiger partial charge in [0, 0.05) is 0 Å². The van der Waals surface area contributed by atoms with Gasteiger partial charge < -0.3 is 0 Å². The molecular weight excluding hydrogens is 341 g/mol. The van der Waals surface area contributed by atoms with Gasteiger partial charge in [-0.3, -0.25) is 0 Å². The molecule has 0 aliphatic heterocycles. The van der Waals surface area contributed by atoms with E-state index in [0.717, 1.165) is 0 Å². The van der Waals surface area contributed by atoms with Crippen LogP contribution in [0.5, 0.6) is 0 Å². The zero-order valence-electron chi connectivity index (χ0n) is 15.2. The van der Waals surface area contributed by atoms with E-state index in [1.807, 2.05) is 0 Å². The topological polar surface area (TPSA) is 0 Å². The number of hydrogen-bond acceptors (Lipinski definition) is 0. The Labute approximate surface area is 147 Å². The summed E-state index contributed by atoms with van der Waals surface area (Å²) < 4.78 is 0. The summed E-state index contributed by atoms with van der Waals surface area (Å²) >= 11 is 0. The summed E-state index contributed by atoms with van der Waals surface area (Å²) in [6.07, 6.45) is 16.7. The van der Waals surface area contributed by atoms with Crippen molar-refractivity contribution in [2.24, 2.45) is 0 Å². The van der Waals surface area contributed by atoms with Crippen LogP contribution in [0, 0.1) is 69.2 Å². The van der Waals surface area contributed by atoms with Gasteiger partial charge in [0.05, 0.1) is 0 Å². The Balaban J connectivity index is 6.10. The molecule has 0 radical (unpaired) electrons. The Morgan fingerprint density at radius 3 is 0.826 bits per heavy atom. The Kier molecular flexibility index (Phi) is 7.08. The minimum atomic E-state index is -2.39. The first-order valence-electron chi connectivity index (χ1n) is 7.37. The van der Waals surface area contributed by atoms with Gasteiger partial charge in [-0.25, -0.2) is 0 Å². The smallest absolute Gasteiger partial charge is 0.126 e. The Morgan fingerprint density at radius 2 is 0.652 bits per heavy atom. The standard InChI is InChI=1S/C19H24Si4/c1-11-20(4,5)14-17-23(10,18-15-21(6,7)12-2)19-16-22(8,9)13-3/h1-3H,4-10H3. The predicted octanol–water partition coefficient (Wildman–Crippen LogP) is 2.95. The molecule has 0 atom stereocenters. The van der Waals surface area contributed by atoms with Crippen molar-refractivity contribution in [3.05, 3.63) is 0 Å². The maximum absolute atomic E-state index is 5.58. The lowest BCUT2D eigenvalue weighted by Crippen LogP contribution is -2.32. The van der Waals surface area contributed by atoms with E-state index in [0.29, 0.717) is 0 Å². The molecule has 23 heavy (non-hydrogen) atoms. The largest absolute Gasteiger partial charge is 0.285 e. The lowest BCUT2D eigenvalue weighted by Gasteiger charge is -2.11. The third-order valence-corrected chi connectivity index (χ3v) is 10.00. The predicted molar refractivity (Wildman–Crippen MR) is 114 cm³/mol. The molecule has 116 valence electrons. The zero-order chi connectivity index (χ0) is 18.4. The maximum atomic E-state index is 5.58. The van der Waals surface area contributed by atoms with Gasteiger partial charge in [0.15, 0.2) is 0 Å². The van der Waals surface area contributed by atoms with Crippen LogP contribution in [-0.2, 0) is 0 Å². The maximum Gasteiger partial charge on any atom is 0.285 e. The van der Waals surface area contributed by atoms with Gasteiger partial charge in [0.2, 0.25) is 24.2 Å². The van der Waals surface area contributed by atoms with Crippen LogP contribution in [0.1, 0.15) is 0 Å². The summed E-state index contributed by atoms with van der Waals surface area (Å²) in [5, 5.41) is 0. The minimum absolute atomic E-state index is 1.95. The van der Waals surface area contributed by atoms with Crippen molar-refractivity contribution in [2.45, 2.75) is 45.8 Å². The van der Waals surface area contributed by atoms with E-state index in [1.165, 1.54) is 0 Å². The SMILES string of the molecule is C#C[Si](C)(C)C#C[Si](C)(C#C[Si](C)(C)C#C)C#C[Si](C)(C)C#C. The Morgan fingerprint density at radius 1 is 0.435 bits per heavy atom. The molecule has 0 amide bonds. The second-order valence-electron chi connectivity index (χ2n) is 7.18. The van der Waals surface area contributed by atoms with Crippen LogP contribution >= 0.6 is 0 Å². The highest BCUT2D eigenvalue weighted by molar-refractivity contribution is 7.05. The molecule has 0 bridgehead atoms. The van der Waals surface area contributed by atoms with Gasteiger partial charge in [-0.2, -0.15) is 0 Å². The molecule has 0 nitrogen and oxygen atoms in total. The van der Waals surface area contributed by atoms with Crippen molar-refractivity contribution >= 4 is 32.3 Å². The van der Waals surface area contributed by atoms with Gasteiger partial charge in [-0.1, -0.05) is 0 Å². The second kappa shape index (κ2) is 7.67. The van der Waals surface area contributed by atoms with Gasteiger partial charge in [-0.05, 0) is 45.8 Å². The highest BCUT2D eigenvalue weighted by Gasteiger charge is 2.25. The summed E-state index contributed by atoms with van der Waals surface area (Å²) in [6.45, 7) is 14.4. The molecule has 0 aromatic carbocycles. The normalized spacial score (nSPS) is 11.0. The second-order valence-corrected chi connectivity index (χ2v) is 21.5. The number of hydrogen-bond donors (Lipinski definition) is 0. The molecule has 0 saturated carbocycles. The lowest BCUT2D eigenvalue weighted by molar-refractivity contribution is 1.93. The van der Waals surface area contributed by atoms with Crippen LogP contribution in [0.3, 0.4) is 0 Å². The fourth-order valence-electron chi connectivity index (χ4n) is 1.05. The van der Waals surface area contributed by atoms with Crippen LogP contribution < -0.4 is 0 Å². The van der Waals surface area contributed by atoms with Crippen molar-refractivity contribution in [2.75, 3.05) is 0 Å². The molecule has 0 aliphatic rings. The van der Waals surface area contributed by atoms with Crippen LogP contribution in [0.4, 0.5) is 0 Å². The van der Waals surface area contributed by atoms with Crippen LogP contribution in [0.25, 0.3) is 0 Å². The molecule has 0 heterocycles. The van der Waals surface area contributed by atoms with Gasteiger partial charge in [-0.15, -0.1) is 69.2 Å². The molecule has 4 heteroatoms. The highest BCUT2D eigenvalue weighted by Crippen LogP contribution is 2.05. The third-order valence-electron chi connectivity index (χ3n) is 2.96. The van der Waals surface area contributed by atoms with E-state index < -0.39 is 32.3 Å². The average Bonchev–Trinajstić information content (AvgIpc) is 2.50. The van der Waals surface area contributed by atoms with Gasteiger partial charge in [0.1, 0.15) is 0 Å². The van der Waals surface area contributed by atoms with Crippen molar-refractivity contribution in [3.8, 4) is 69.2 Å². The monoisotopic (exact) mass is 364 g/mol. The van der Waals surface area contributed by atoms with E-state index in [9.17, 15) is 0 Å². The van der Waals surface area contributed by atoms with Crippen LogP contribution in [-0.4, -0.2) is 32.3 Å². The number of rotatable bonds is 0. The molecule has 0 spiro atoms. The molecule has 0 rings (SSSR count). The fourth-order valence-corrected chi connectivity index (χ4v) is 8.20. The first-order valence-corrected chi connectivity index (χ1v) is 18.9. The average molecular weight is 365 g/mol. The van der Waals surface area contributed by atoms with E-state index in [1.54, 1.807) is 0 Å². The van der Waals surface area contributed by atoms with Gasteiger partial charge in [0.25, 0.3) is 8.07 Å². The fraction of sp³-hybridized carbons (Fsp3) is 0.368. The molecule has 0 N–H and O–H groups in total. The molecule has 0 aliphatic carbocycles. The van der Waals surface area contributed by atoms with Crippen molar-refractivity contribution in [1.29, 1.82) is 0 Å². The Bertz CT molecular complexity index is 666. The molecule has 0 aromatic heterocycles. The Hall–Kier alpha value is -1.77. The minimum Gasteiger partial charge on any atom is -0.126 e. The van der Waals surface area contributed by atoms with Crippen LogP contribution in [0.15, 0.2) is 0 Å². The molecule has 0 aromatic rings. The van der Waals surface area contributed by atoms with Crippen molar-refractivity contribution in [3.63, 3.8) is 0 Å². The summed E-state index contributed by atoms with van der Waals surface area (Å²) in [7, 11) is -8.23. The first kappa shape index (κ1) is 21.2. The van der Waals surface area contributed by atoms with E-state index in [4.69, 9.17) is 19.3 Å². The summed E-state index contributed by atoms with van der Waals surface area (Å²) in [4.78, 5) is 0. The molecule has 0 unspecified atom stereocenters.